The first kappa shape index (κ1) is 80.6. The van der Waals surface area contributed by atoms with Crippen LogP contribution in [0, 0.1) is 47.6 Å². The Labute approximate surface area is 702 Å². The third-order valence-corrected chi connectivity index (χ3v) is 22.7. The monoisotopic (exact) mass is 1690 g/mol. The van der Waals surface area contributed by atoms with Gasteiger partial charge in [0.2, 0.25) is 46.9 Å². The zero-order chi connectivity index (χ0) is 87.3. The summed E-state index contributed by atoms with van der Waals surface area (Å²) in [7, 11) is 1.61. The van der Waals surface area contributed by atoms with Gasteiger partial charge in [-0.05, 0) is 127 Å². The lowest BCUT2D eigenvalue weighted by atomic mass is 9.84. The zero-order valence-electron chi connectivity index (χ0n) is 67.6. The summed E-state index contributed by atoms with van der Waals surface area (Å²) in [6.45, 7) is 13.1. The summed E-state index contributed by atoms with van der Waals surface area (Å²) in [5.74, 6) is -1.44. The number of rotatable bonds is 14. The van der Waals surface area contributed by atoms with Crippen LogP contribution in [0.5, 0.6) is 5.75 Å². The summed E-state index contributed by atoms with van der Waals surface area (Å²) >= 11 is 0. The Morgan fingerprint density at radius 2 is 0.744 bits per heavy atom. The zero-order valence-corrected chi connectivity index (χ0v) is 67.6. The maximum atomic E-state index is 14.4. The van der Waals surface area contributed by atoms with Gasteiger partial charge in [0.15, 0.2) is 45.9 Å². The molecule has 21 rings (SSSR count). The number of aromatic nitrogens is 24. The van der Waals surface area contributed by atoms with Gasteiger partial charge < -0.3 is 26.0 Å². The molecule has 0 bridgehead atoms. The highest BCUT2D eigenvalue weighted by molar-refractivity contribution is 6.07. The van der Waals surface area contributed by atoms with E-state index in [1.807, 2.05) is 31.2 Å². The molecule has 4 amide bonds. The number of halogens is 7. The molecule has 4 N–H and O–H groups in total. The third kappa shape index (κ3) is 14.5. The molecule has 1 atom stereocenters. The molecule has 16 aromatic rings. The number of pyridine rings is 4. The predicted octanol–water partition coefficient (Wildman–Crippen LogP) is 12.5. The first-order chi connectivity index (χ1) is 60.0. The van der Waals surface area contributed by atoms with Crippen molar-refractivity contribution in [3.8, 4) is 51.8 Å². The molecule has 12 aromatic heterocycles. The second-order valence-electron chi connectivity index (χ2n) is 31.6. The molecule has 1 aliphatic carbocycles. The molecule has 1 fully saturated rings. The number of carbonyl (C=O) groups is 4. The normalized spacial score (nSPS) is 15.9. The molecular formula is C85H69F7N28O5. The summed E-state index contributed by atoms with van der Waals surface area (Å²) in [4.78, 5) is 83.9. The fraction of sp³-hybridized carbons (Fsp3) is 0.247. The van der Waals surface area contributed by atoms with Crippen LogP contribution < -0.4 is 26.0 Å². The number of fused-ring (bicyclic) bond motifs is 9. The van der Waals surface area contributed by atoms with E-state index in [0.29, 0.717) is 120 Å². The first-order valence-corrected chi connectivity index (χ1v) is 39.3. The van der Waals surface area contributed by atoms with Gasteiger partial charge in [-0.1, -0.05) is 80.4 Å². The molecule has 40 heteroatoms. The Bertz CT molecular complexity index is 7140. The number of hydrogen-bond acceptors (Lipinski definition) is 25. The van der Waals surface area contributed by atoms with Crippen LogP contribution in [0.25, 0.3) is 90.2 Å². The van der Waals surface area contributed by atoms with Crippen LogP contribution in [0.15, 0.2) is 140 Å². The van der Waals surface area contributed by atoms with Gasteiger partial charge in [-0.3, -0.25) is 19.2 Å². The number of hydrogen-bond donors (Lipinski definition) is 4. The predicted molar refractivity (Wildman–Crippen MR) is 437 cm³/mol. The number of carbonyl (C=O) groups excluding carboxylic acids is 4. The van der Waals surface area contributed by atoms with E-state index in [1.54, 1.807) is 102 Å². The fourth-order valence-electron chi connectivity index (χ4n) is 15.4. The van der Waals surface area contributed by atoms with Gasteiger partial charge >= 0.3 is 0 Å². The number of anilines is 4. The van der Waals surface area contributed by atoms with Crippen molar-refractivity contribution in [2.45, 2.75) is 128 Å². The molecule has 4 aromatic carbocycles. The Balaban J connectivity index is 0.000000113. The highest BCUT2D eigenvalue weighted by Crippen LogP contribution is 2.48. The third-order valence-electron chi connectivity index (χ3n) is 22.7. The Hall–Kier alpha value is -15.4. The van der Waals surface area contributed by atoms with Crippen molar-refractivity contribution in [3.05, 3.63) is 231 Å². The van der Waals surface area contributed by atoms with E-state index < -0.39 is 44.9 Å². The lowest BCUT2D eigenvalue weighted by Gasteiger charge is -2.17. The van der Waals surface area contributed by atoms with Crippen LogP contribution in [0.2, 0.25) is 0 Å². The van der Waals surface area contributed by atoms with Crippen LogP contribution in [-0.2, 0) is 67.0 Å². The van der Waals surface area contributed by atoms with Crippen LogP contribution >= 0.6 is 0 Å². The maximum Gasteiger partial charge on any atom is 0.238 e. The van der Waals surface area contributed by atoms with E-state index in [1.165, 1.54) is 56.5 Å². The van der Waals surface area contributed by atoms with E-state index in [9.17, 15) is 49.9 Å². The largest absolute Gasteiger partial charge is 0.497 e. The van der Waals surface area contributed by atoms with Crippen molar-refractivity contribution in [2.75, 3.05) is 28.4 Å². The topological polar surface area (TPSA) is 403 Å². The molecule has 33 nitrogen and oxygen atoms in total. The van der Waals surface area contributed by atoms with Crippen molar-refractivity contribution >= 4 is 91.0 Å². The van der Waals surface area contributed by atoms with Gasteiger partial charge in [-0.25, -0.2) is 89.3 Å². The minimum atomic E-state index is -0.855. The summed E-state index contributed by atoms with van der Waals surface area (Å²) in [5, 5.41) is 64.3. The molecule has 0 saturated heterocycles. The molecule has 1 spiro atoms. The molecule has 5 aliphatic rings. The van der Waals surface area contributed by atoms with Crippen molar-refractivity contribution < 1.29 is 54.6 Å². The van der Waals surface area contributed by atoms with Crippen molar-refractivity contribution in [1.82, 2.24) is 120 Å². The molecule has 628 valence electrons. The van der Waals surface area contributed by atoms with Crippen molar-refractivity contribution in [1.29, 1.82) is 0 Å². The smallest absolute Gasteiger partial charge is 0.238 e. The molecule has 1 unspecified atom stereocenters. The van der Waals surface area contributed by atoms with Gasteiger partial charge in [0.05, 0.1) is 101 Å². The van der Waals surface area contributed by atoms with E-state index in [0.717, 1.165) is 67.3 Å². The van der Waals surface area contributed by atoms with E-state index >= 15 is 0 Å². The second kappa shape index (κ2) is 31.2. The number of benzene rings is 4. The molecule has 125 heavy (non-hydrogen) atoms. The number of ether oxygens (including phenoxy) is 1. The van der Waals surface area contributed by atoms with Gasteiger partial charge in [0.25, 0.3) is 0 Å². The van der Waals surface area contributed by atoms with Gasteiger partial charge in [0, 0.05) is 16.7 Å². The van der Waals surface area contributed by atoms with Crippen molar-refractivity contribution in [2.24, 2.45) is 0 Å². The summed E-state index contributed by atoms with van der Waals surface area (Å²) in [6.07, 6.45) is 8.24. The van der Waals surface area contributed by atoms with Gasteiger partial charge in [0.1, 0.15) is 92.0 Å². The quantitative estimate of drug-likeness (QED) is 0.0735. The maximum absolute atomic E-state index is 14.4. The van der Waals surface area contributed by atoms with Gasteiger partial charge in [-0.15, -0.1) is 40.8 Å². The second-order valence-corrected chi connectivity index (χ2v) is 31.6. The molecular weight excluding hydrogens is 1630 g/mol. The van der Waals surface area contributed by atoms with Crippen LogP contribution in [0.1, 0.15) is 124 Å². The first-order valence-electron chi connectivity index (χ1n) is 39.3. The van der Waals surface area contributed by atoms with Gasteiger partial charge in [-0.2, -0.15) is 20.4 Å². The number of amides is 4. The van der Waals surface area contributed by atoms with E-state index in [-0.39, 0.29) is 107 Å². The molecule has 16 heterocycles. The number of nitrogens with one attached hydrogen (secondary N) is 4. The minimum Gasteiger partial charge on any atom is -0.497 e. The highest BCUT2D eigenvalue weighted by atomic mass is 19.2. The average Bonchev–Trinajstić information content (AvgIpc) is 1.57. The molecule has 4 aliphatic heterocycles. The number of aryl methyl sites for hydroxylation is 1. The van der Waals surface area contributed by atoms with Crippen LogP contribution in [0.4, 0.5) is 54.0 Å². The standard InChI is InChI=1S/C22H17F2N7O.2C21H17F2N7O.C21H18FN7O2/c23-13-9-14-16(30-31(20(14)25-10-13)11-12-5-1-2-6-15(12)24)18-26-19-17(28-29-18)22(21(32)27-19)7-3-4-8-22;1-10-4-5-11(14(23)6-10)9-30-19-13(7-12(22)8-24-19)15(29-30)17-25-18-16(27-28-17)21(2,3)20(31)26-18;1-3-21(2)16-18(26-20(21)31)25-17(28-27-16)15-13-8-12(22)9-24-19(13)30(29-15)10-11-6-4-5-7-14(11)23;1-21(2)16-18(25-20(21)30)24-17(27-26-16)15-14-8-12(22)9-23-19(14)29(28-15)10-11-4-6-13(31-3)7-5-11/h1-2,5-6,9-10H,3-4,7-8,11H2,(H,26,27,29,32);4-8H,9H2,1-3H3,(H,25,26,28,31);4-9H,3,10H2,1-2H3,(H,25,26,28,31);4-9H,10H2,1-3H3,(H,24,25,27,30). The van der Waals surface area contributed by atoms with Crippen LogP contribution in [-0.4, -0.2) is 151 Å². The summed E-state index contributed by atoms with van der Waals surface area (Å²) in [5.41, 5.74) is 4.40. The SMILES string of the molecule is CCC1(C)C(=O)Nc2nc(-c3nn(Cc4ccccc4F)c4ncc(F)cc34)nnc21.COc1ccc(Cn2nc(-c3nnc4c(n3)NC(=O)C4(C)C)c3cc(F)cnc32)cc1.Cc1ccc(Cn2nc(-c3nnc4c(n3)NC(=O)C4(C)C)c3cc(F)cnc32)c(F)c1.O=C1Nc2nc(-c3nn(Cc4ccccc4F)c4ncc(F)cc34)nnc2C12CCCC2. The lowest BCUT2D eigenvalue weighted by molar-refractivity contribution is -0.121. The average molecular weight is 1700 g/mol. The lowest BCUT2D eigenvalue weighted by Crippen LogP contribution is -2.31. The summed E-state index contributed by atoms with van der Waals surface area (Å²) < 4.78 is 110. The highest BCUT2D eigenvalue weighted by Gasteiger charge is 2.52. The Morgan fingerprint density at radius 1 is 0.392 bits per heavy atom. The van der Waals surface area contributed by atoms with E-state index in [2.05, 4.69) is 122 Å². The molecule has 1 saturated carbocycles. The van der Waals surface area contributed by atoms with Crippen LogP contribution in [0.3, 0.4) is 0 Å². The van der Waals surface area contributed by atoms with Crippen molar-refractivity contribution in [3.63, 3.8) is 0 Å². The Kier molecular flexibility index (Phi) is 20.2. The molecule has 0 radical (unpaired) electrons. The minimum absolute atomic E-state index is 0.0867. The number of nitrogens with zero attached hydrogens (tertiary/aromatic N) is 24. The van der Waals surface area contributed by atoms with E-state index in [4.69, 9.17) is 4.74 Å². The fourth-order valence-corrected chi connectivity index (χ4v) is 15.4. The summed E-state index contributed by atoms with van der Waals surface area (Å²) in [6, 6.07) is 30.3. The number of methoxy groups -OCH3 is 1. The Morgan fingerprint density at radius 3 is 1.14 bits per heavy atom.